The fourth-order valence-corrected chi connectivity index (χ4v) is 1.99. The molecule has 2 aromatic carbocycles. The van der Waals surface area contributed by atoms with E-state index in [-0.39, 0.29) is 11.3 Å². The molecule has 0 fully saturated rings. The van der Waals surface area contributed by atoms with Gasteiger partial charge in [0.1, 0.15) is 17.1 Å². The molecule has 0 spiro atoms. The molecule has 4 heteroatoms. The van der Waals surface area contributed by atoms with E-state index in [9.17, 15) is 9.90 Å². The Kier molecular flexibility index (Phi) is 3.66. The van der Waals surface area contributed by atoms with E-state index in [0.717, 1.165) is 16.7 Å². The smallest absolute Gasteiger partial charge is 0.339 e. The van der Waals surface area contributed by atoms with E-state index in [1.54, 1.807) is 6.07 Å². The molecule has 0 amide bonds. The van der Waals surface area contributed by atoms with E-state index in [1.165, 1.54) is 12.1 Å². The highest BCUT2D eigenvalue weighted by Gasteiger charge is 2.15. The van der Waals surface area contributed by atoms with Gasteiger partial charge in [0.2, 0.25) is 0 Å². The van der Waals surface area contributed by atoms with Crippen LogP contribution in [-0.4, -0.2) is 11.1 Å². The molecule has 0 saturated heterocycles. The number of ether oxygens (including phenoxy) is 1. The SMILES string of the molecule is Cc1ccc(C)c(Oc2cc(N)ccc2C(=O)O)c1C. The van der Waals surface area contributed by atoms with E-state index in [4.69, 9.17) is 10.5 Å². The monoisotopic (exact) mass is 271 g/mol. The van der Waals surface area contributed by atoms with Crippen molar-refractivity contribution in [3.05, 3.63) is 52.6 Å². The second-order valence-electron chi connectivity index (χ2n) is 4.82. The number of carbonyl (C=O) groups is 1. The van der Waals surface area contributed by atoms with Crippen molar-refractivity contribution in [3.8, 4) is 11.5 Å². The zero-order valence-corrected chi connectivity index (χ0v) is 11.7. The van der Waals surface area contributed by atoms with E-state index in [1.807, 2.05) is 32.9 Å². The second-order valence-corrected chi connectivity index (χ2v) is 4.82. The molecule has 0 bridgehead atoms. The fourth-order valence-electron chi connectivity index (χ4n) is 1.99. The summed E-state index contributed by atoms with van der Waals surface area (Å²) in [5.74, 6) is -0.102. The number of carboxylic acid groups (broad SMARTS) is 1. The summed E-state index contributed by atoms with van der Waals surface area (Å²) in [6, 6.07) is 8.49. The van der Waals surface area contributed by atoms with E-state index >= 15 is 0 Å². The number of hydrogen-bond donors (Lipinski definition) is 2. The van der Waals surface area contributed by atoms with Crippen LogP contribution in [0.1, 0.15) is 27.0 Å². The van der Waals surface area contributed by atoms with Gasteiger partial charge in [-0.15, -0.1) is 0 Å². The first kappa shape index (κ1) is 13.9. The second kappa shape index (κ2) is 5.25. The Labute approximate surface area is 117 Å². The molecule has 0 aliphatic carbocycles. The molecule has 0 aliphatic rings. The maximum absolute atomic E-state index is 11.2. The summed E-state index contributed by atoms with van der Waals surface area (Å²) in [5.41, 5.74) is 9.31. The molecule has 0 saturated carbocycles. The minimum absolute atomic E-state index is 0.0968. The van der Waals surface area contributed by atoms with Gasteiger partial charge >= 0.3 is 5.97 Å². The van der Waals surface area contributed by atoms with Gasteiger partial charge < -0.3 is 15.6 Å². The van der Waals surface area contributed by atoms with Gasteiger partial charge in [0, 0.05) is 11.8 Å². The van der Waals surface area contributed by atoms with Gasteiger partial charge in [-0.05, 0) is 49.6 Å². The van der Waals surface area contributed by atoms with Crippen LogP contribution in [0, 0.1) is 20.8 Å². The number of rotatable bonds is 3. The Bertz CT molecular complexity index is 678. The molecule has 0 aliphatic heterocycles. The third kappa shape index (κ3) is 2.59. The first-order valence-electron chi connectivity index (χ1n) is 6.27. The number of benzene rings is 2. The van der Waals surface area contributed by atoms with Crippen LogP contribution in [0.4, 0.5) is 5.69 Å². The molecule has 2 rings (SSSR count). The highest BCUT2D eigenvalue weighted by molar-refractivity contribution is 5.91. The van der Waals surface area contributed by atoms with Crippen LogP contribution in [-0.2, 0) is 0 Å². The topological polar surface area (TPSA) is 72.5 Å². The molecule has 20 heavy (non-hydrogen) atoms. The van der Waals surface area contributed by atoms with Crippen LogP contribution >= 0.6 is 0 Å². The molecule has 3 N–H and O–H groups in total. The zero-order chi connectivity index (χ0) is 14.9. The van der Waals surface area contributed by atoms with Crippen LogP contribution in [0.15, 0.2) is 30.3 Å². The molecule has 4 nitrogen and oxygen atoms in total. The third-order valence-electron chi connectivity index (χ3n) is 3.32. The van der Waals surface area contributed by atoms with Crippen LogP contribution in [0.2, 0.25) is 0 Å². The Morgan fingerprint density at radius 1 is 1.10 bits per heavy atom. The van der Waals surface area contributed by atoms with Crippen molar-refractivity contribution >= 4 is 11.7 Å². The normalized spacial score (nSPS) is 10.3. The number of aryl methyl sites for hydroxylation is 2. The Hall–Kier alpha value is -2.49. The minimum Gasteiger partial charge on any atom is -0.478 e. The predicted octanol–water partition coefficient (Wildman–Crippen LogP) is 3.68. The number of aromatic carboxylic acids is 1. The summed E-state index contributed by atoms with van der Waals surface area (Å²) >= 11 is 0. The first-order valence-corrected chi connectivity index (χ1v) is 6.27. The molecule has 0 atom stereocenters. The first-order chi connectivity index (χ1) is 9.40. The van der Waals surface area contributed by atoms with Crippen molar-refractivity contribution in [2.24, 2.45) is 0 Å². The van der Waals surface area contributed by atoms with Crippen molar-refractivity contribution in [1.82, 2.24) is 0 Å². The number of carboxylic acids is 1. The molecule has 2 aromatic rings. The van der Waals surface area contributed by atoms with Crippen molar-refractivity contribution in [3.63, 3.8) is 0 Å². The number of anilines is 1. The average Bonchev–Trinajstić information content (AvgIpc) is 2.39. The van der Waals surface area contributed by atoms with Crippen LogP contribution < -0.4 is 10.5 Å². The van der Waals surface area contributed by atoms with Crippen LogP contribution in [0.3, 0.4) is 0 Å². The van der Waals surface area contributed by atoms with Crippen molar-refractivity contribution in [1.29, 1.82) is 0 Å². The maximum atomic E-state index is 11.2. The molecule has 0 unspecified atom stereocenters. The third-order valence-corrected chi connectivity index (χ3v) is 3.32. The standard InChI is InChI=1S/C16H17NO3/c1-9-4-5-10(2)15(11(9)3)20-14-8-12(17)6-7-13(14)16(18)19/h4-8H,17H2,1-3H3,(H,18,19). The minimum atomic E-state index is -1.04. The molecule has 0 heterocycles. The number of nitrogen functional groups attached to an aromatic ring is 1. The summed E-state index contributed by atoms with van der Waals surface area (Å²) in [6.45, 7) is 5.86. The highest BCUT2D eigenvalue weighted by Crippen LogP contribution is 2.33. The van der Waals surface area contributed by atoms with Crippen LogP contribution in [0.25, 0.3) is 0 Å². The maximum Gasteiger partial charge on any atom is 0.339 e. The van der Waals surface area contributed by atoms with Gasteiger partial charge in [-0.2, -0.15) is 0 Å². The molecule has 0 aromatic heterocycles. The quantitative estimate of drug-likeness (QED) is 0.835. The summed E-state index contributed by atoms with van der Waals surface area (Å²) < 4.78 is 5.83. The van der Waals surface area contributed by atoms with Gasteiger partial charge in [0.25, 0.3) is 0 Å². The van der Waals surface area contributed by atoms with Gasteiger partial charge in [0.05, 0.1) is 0 Å². The summed E-state index contributed by atoms with van der Waals surface area (Å²) in [4.78, 5) is 11.2. The lowest BCUT2D eigenvalue weighted by Gasteiger charge is -2.15. The van der Waals surface area contributed by atoms with E-state index in [0.29, 0.717) is 11.4 Å². The lowest BCUT2D eigenvalue weighted by molar-refractivity contribution is 0.0694. The summed E-state index contributed by atoms with van der Waals surface area (Å²) in [6.07, 6.45) is 0. The fraction of sp³-hybridized carbons (Fsp3) is 0.188. The number of nitrogens with two attached hydrogens (primary N) is 1. The number of hydrogen-bond acceptors (Lipinski definition) is 3. The molecular weight excluding hydrogens is 254 g/mol. The highest BCUT2D eigenvalue weighted by atomic mass is 16.5. The van der Waals surface area contributed by atoms with Crippen molar-refractivity contribution < 1.29 is 14.6 Å². The van der Waals surface area contributed by atoms with Gasteiger partial charge in [-0.25, -0.2) is 4.79 Å². The zero-order valence-electron chi connectivity index (χ0n) is 11.7. The molecule has 0 radical (unpaired) electrons. The van der Waals surface area contributed by atoms with Gasteiger partial charge in [-0.3, -0.25) is 0 Å². The van der Waals surface area contributed by atoms with Crippen molar-refractivity contribution in [2.45, 2.75) is 20.8 Å². The largest absolute Gasteiger partial charge is 0.478 e. The lowest BCUT2D eigenvalue weighted by atomic mass is 10.1. The Morgan fingerprint density at radius 3 is 2.40 bits per heavy atom. The van der Waals surface area contributed by atoms with Gasteiger partial charge in [-0.1, -0.05) is 12.1 Å². The van der Waals surface area contributed by atoms with Crippen LogP contribution in [0.5, 0.6) is 11.5 Å². The summed E-state index contributed by atoms with van der Waals surface area (Å²) in [5, 5.41) is 9.21. The average molecular weight is 271 g/mol. The summed E-state index contributed by atoms with van der Waals surface area (Å²) in [7, 11) is 0. The predicted molar refractivity (Wildman–Crippen MR) is 78.5 cm³/mol. The van der Waals surface area contributed by atoms with Gasteiger partial charge in [0.15, 0.2) is 0 Å². The lowest BCUT2D eigenvalue weighted by Crippen LogP contribution is -2.02. The van der Waals surface area contributed by atoms with E-state index in [2.05, 4.69) is 0 Å². The molecule has 104 valence electrons. The van der Waals surface area contributed by atoms with E-state index < -0.39 is 5.97 Å². The Morgan fingerprint density at radius 2 is 1.75 bits per heavy atom. The Balaban J connectivity index is 2.53. The molecular formula is C16H17NO3. The van der Waals surface area contributed by atoms with Crippen molar-refractivity contribution in [2.75, 3.05) is 5.73 Å².